The molecule has 0 spiro atoms. The smallest absolute Gasteiger partial charge is 0.226 e. The molecule has 0 bridgehead atoms. The van der Waals surface area contributed by atoms with Gasteiger partial charge in [0.2, 0.25) is 5.91 Å². The number of hydrogen-bond donors (Lipinski definition) is 2. The van der Waals surface area contributed by atoms with Gasteiger partial charge in [0, 0.05) is 29.4 Å². The van der Waals surface area contributed by atoms with Crippen molar-refractivity contribution in [2.75, 3.05) is 17.2 Å². The van der Waals surface area contributed by atoms with E-state index in [9.17, 15) is 9.18 Å². The third-order valence-electron chi connectivity index (χ3n) is 3.07. The summed E-state index contributed by atoms with van der Waals surface area (Å²) >= 11 is 11.6. The predicted molar refractivity (Wildman–Crippen MR) is 89.3 cm³/mol. The molecule has 0 radical (unpaired) electrons. The summed E-state index contributed by atoms with van der Waals surface area (Å²) in [5, 5.41) is 6.44. The summed E-state index contributed by atoms with van der Waals surface area (Å²) in [5.74, 6) is -0.701. The number of amides is 1. The Hall–Kier alpha value is -1.78. The van der Waals surface area contributed by atoms with Crippen molar-refractivity contribution in [3.63, 3.8) is 0 Å². The van der Waals surface area contributed by atoms with E-state index in [2.05, 4.69) is 10.6 Å². The molecule has 0 atom stereocenters. The normalized spacial score (nSPS) is 10.4. The van der Waals surface area contributed by atoms with Gasteiger partial charge in [-0.05, 0) is 42.8 Å². The van der Waals surface area contributed by atoms with Gasteiger partial charge in [0.25, 0.3) is 0 Å². The first-order valence-corrected chi connectivity index (χ1v) is 7.46. The molecular weight excluding hydrogens is 326 g/mol. The highest BCUT2D eigenvalue weighted by atomic mass is 35.5. The maximum absolute atomic E-state index is 13.0. The van der Waals surface area contributed by atoms with E-state index in [1.165, 1.54) is 18.2 Å². The van der Waals surface area contributed by atoms with Crippen LogP contribution in [0.3, 0.4) is 0 Å². The third-order valence-corrected chi connectivity index (χ3v) is 3.60. The van der Waals surface area contributed by atoms with Crippen LogP contribution in [0, 0.1) is 12.7 Å². The minimum Gasteiger partial charge on any atom is -0.384 e. The summed E-state index contributed by atoms with van der Waals surface area (Å²) in [6, 6.07) is 9.59. The maximum atomic E-state index is 13.0. The number of rotatable bonds is 5. The summed E-state index contributed by atoms with van der Waals surface area (Å²) in [5.41, 5.74) is 2.41. The van der Waals surface area contributed by atoms with Crippen LogP contribution in [0.15, 0.2) is 36.4 Å². The fraction of sp³-hybridized carbons (Fsp3) is 0.188. The first kappa shape index (κ1) is 16.6. The number of nitrogens with one attached hydrogen (secondary N) is 2. The van der Waals surface area contributed by atoms with Gasteiger partial charge in [0.05, 0.1) is 5.02 Å². The van der Waals surface area contributed by atoms with E-state index in [0.717, 1.165) is 11.3 Å². The molecular formula is C16H15Cl2FN2O. The Labute approximate surface area is 138 Å². The van der Waals surface area contributed by atoms with Gasteiger partial charge in [0.1, 0.15) is 5.82 Å². The summed E-state index contributed by atoms with van der Waals surface area (Å²) in [7, 11) is 0. The average molecular weight is 341 g/mol. The molecule has 0 unspecified atom stereocenters. The van der Waals surface area contributed by atoms with Gasteiger partial charge in [0.15, 0.2) is 0 Å². The first-order chi connectivity index (χ1) is 10.5. The molecule has 0 fully saturated rings. The second-order valence-electron chi connectivity index (χ2n) is 4.81. The minimum atomic E-state index is -0.516. The highest BCUT2D eigenvalue weighted by molar-refractivity contribution is 6.31. The molecule has 0 saturated heterocycles. The number of hydrogen-bond acceptors (Lipinski definition) is 2. The van der Waals surface area contributed by atoms with Crippen molar-refractivity contribution in [3.05, 3.63) is 57.8 Å². The molecule has 0 saturated carbocycles. The molecule has 2 N–H and O–H groups in total. The van der Waals surface area contributed by atoms with Crippen molar-refractivity contribution in [2.45, 2.75) is 13.3 Å². The highest BCUT2D eigenvalue weighted by Crippen LogP contribution is 2.21. The lowest BCUT2D eigenvalue weighted by Gasteiger charge is -2.10. The molecule has 2 aromatic carbocycles. The molecule has 0 aliphatic heterocycles. The van der Waals surface area contributed by atoms with Crippen molar-refractivity contribution in [3.8, 4) is 0 Å². The number of anilines is 2. The van der Waals surface area contributed by atoms with Crippen LogP contribution < -0.4 is 10.6 Å². The number of benzene rings is 2. The van der Waals surface area contributed by atoms with Gasteiger partial charge in [-0.15, -0.1) is 0 Å². The van der Waals surface area contributed by atoms with Crippen LogP contribution in [-0.2, 0) is 4.79 Å². The molecule has 0 aliphatic rings. The second kappa shape index (κ2) is 7.47. The Bertz CT molecular complexity index is 692. The van der Waals surface area contributed by atoms with Crippen molar-refractivity contribution in [2.24, 2.45) is 0 Å². The fourth-order valence-corrected chi connectivity index (χ4v) is 2.25. The molecule has 2 rings (SSSR count). The molecule has 2 aromatic rings. The fourth-order valence-electron chi connectivity index (χ4n) is 1.89. The average Bonchev–Trinajstić information content (AvgIpc) is 2.46. The zero-order valence-electron chi connectivity index (χ0n) is 11.9. The van der Waals surface area contributed by atoms with Crippen molar-refractivity contribution < 1.29 is 9.18 Å². The van der Waals surface area contributed by atoms with Gasteiger partial charge < -0.3 is 10.6 Å². The lowest BCUT2D eigenvalue weighted by Crippen LogP contribution is -2.16. The van der Waals surface area contributed by atoms with Crippen LogP contribution in [-0.4, -0.2) is 12.5 Å². The second-order valence-corrected chi connectivity index (χ2v) is 5.66. The highest BCUT2D eigenvalue weighted by Gasteiger charge is 2.06. The summed E-state index contributed by atoms with van der Waals surface area (Å²) in [6.45, 7) is 2.42. The minimum absolute atomic E-state index is 0.0227. The van der Waals surface area contributed by atoms with E-state index in [-0.39, 0.29) is 17.4 Å². The molecule has 0 aliphatic carbocycles. The van der Waals surface area contributed by atoms with E-state index in [4.69, 9.17) is 23.2 Å². The van der Waals surface area contributed by atoms with Crippen molar-refractivity contribution in [1.29, 1.82) is 0 Å². The number of carbonyl (C=O) groups is 1. The molecule has 0 heterocycles. The monoisotopic (exact) mass is 340 g/mol. The van der Waals surface area contributed by atoms with Gasteiger partial charge in [-0.25, -0.2) is 4.39 Å². The van der Waals surface area contributed by atoms with Crippen molar-refractivity contribution >= 4 is 40.5 Å². The third kappa shape index (κ3) is 4.61. The largest absolute Gasteiger partial charge is 0.384 e. The first-order valence-electron chi connectivity index (χ1n) is 6.70. The molecule has 6 heteroatoms. The Morgan fingerprint density at radius 2 is 1.95 bits per heavy atom. The summed E-state index contributed by atoms with van der Waals surface area (Å²) < 4.78 is 13.0. The molecule has 0 aromatic heterocycles. The van der Waals surface area contributed by atoms with E-state index in [1.807, 2.05) is 25.1 Å². The molecule has 22 heavy (non-hydrogen) atoms. The predicted octanol–water partition coefficient (Wildman–Crippen LogP) is 4.88. The summed E-state index contributed by atoms with van der Waals surface area (Å²) in [6.07, 6.45) is 0.265. The Balaban J connectivity index is 1.85. The maximum Gasteiger partial charge on any atom is 0.226 e. The molecule has 116 valence electrons. The number of halogens is 3. The quantitative estimate of drug-likeness (QED) is 0.814. The van der Waals surface area contributed by atoms with E-state index in [1.54, 1.807) is 0 Å². The topological polar surface area (TPSA) is 41.1 Å². The van der Waals surface area contributed by atoms with Gasteiger partial charge >= 0.3 is 0 Å². The van der Waals surface area contributed by atoms with Crippen LogP contribution in [0.4, 0.5) is 15.8 Å². The zero-order valence-corrected chi connectivity index (χ0v) is 13.4. The summed E-state index contributed by atoms with van der Waals surface area (Å²) in [4.78, 5) is 11.8. The van der Waals surface area contributed by atoms with Crippen LogP contribution >= 0.6 is 23.2 Å². The SMILES string of the molecule is Cc1ccc(Cl)cc1NCCC(=O)Nc1ccc(F)c(Cl)c1. The van der Waals surface area contributed by atoms with Crippen molar-refractivity contribution in [1.82, 2.24) is 0 Å². The molecule has 3 nitrogen and oxygen atoms in total. The van der Waals surface area contributed by atoms with Gasteiger partial charge in [-0.2, -0.15) is 0 Å². The van der Waals surface area contributed by atoms with Crippen LogP contribution in [0.25, 0.3) is 0 Å². The lowest BCUT2D eigenvalue weighted by molar-refractivity contribution is -0.115. The Morgan fingerprint density at radius 3 is 2.68 bits per heavy atom. The zero-order chi connectivity index (χ0) is 16.1. The lowest BCUT2D eigenvalue weighted by atomic mass is 10.2. The van der Waals surface area contributed by atoms with E-state index < -0.39 is 5.82 Å². The molecule has 1 amide bonds. The van der Waals surface area contributed by atoms with Crippen LogP contribution in [0.5, 0.6) is 0 Å². The Morgan fingerprint density at radius 1 is 1.18 bits per heavy atom. The van der Waals surface area contributed by atoms with Gasteiger partial charge in [-0.1, -0.05) is 29.3 Å². The van der Waals surface area contributed by atoms with Gasteiger partial charge in [-0.3, -0.25) is 4.79 Å². The standard InChI is InChI=1S/C16H15Cl2FN2O/c1-10-2-3-11(17)8-15(10)20-7-6-16(22)21-12-4-5-14(19)13(18)9-12/h2-5,8-9,20H,6-7H2,1H3,(H,21,22). The van der Waals surface area contributed by atoms with E-state index in [0.29, 0.717) is 17.3 Å². The van der Waals surface area contributed by atoms with Crippen LogP contribution in [0.1, 0.15) is 12.0 Å². The number of aryl methyl sites for hydroxylation is 1. The Kier molecular flexibility index (Phi) is 5.63. The van der Waals surface area contributed by atoms with E-state index >= 15 is 0 Å². The van der Waals surface area contributed by atoms with Crippen LogP contribution in [0.2, 0.25) is 10.0 Å². The number of carbonyl (C=O) groups excluding carboxylic acids is 1.